The second kappa shape index (κ2) is 5.12. The van der Waals surface area contributed by atoms with Crippen molar-refractivity contribution in [3.05, 3.63) is 29.6 Å². The average molecular weight is 322 g/mol. The average Bonchev–Trinajstić information content (AvgIpc) is 2.64. The molecule has 0 unspecified atom stereocenters. The number of carboxylic acid groups (broad SMARTS) is 1. The lowest BCUT2D eigenvalue weighted by Crippen LogP contribution is -2.47. The van der Waals surface area contributed by atoms with Crippen LogP contribution in [0.15, 0.2) is 18.2 Å². The number of carbonyl (C=O) groups is 1. The maximum absolute atomic E-state index is 13.2. The van der Waals surface area contributed by atoms with Gasteiger partial charge >= 0.3 is 12.1 Å². The highest BCUT2D eigenvalue weighted by Crippen LogP contribution is 2.54. The number of aliphatic carboxylic acids is 1. The van der Waals surface area contributed by atoms with Crippen molar-refractivity contribution in [2.45, 2.75) is 37.6 Å². The molecular formula is C14H14F4O4. The molecule has 1 heterocycles. The molecule has 0 spiro atoms. The summed E-state index contributed by atoms with van der Waals surface area (Å²) >= 11 is 0. The molecule has 1 aliphatic rings. The van der Waals surface area contributed by atoms with Gasteiger partial charge in [-0.2, -0.15) is 13.2 Å². The lowest BCUT2D eigenvalue weighted by molar-refractivity contribution is -0.273. The minimum atomic E-state index is -4.79. The van der Waals surface area contributed by atoms with E-state index in [1.165, 1.54) is 6.92 Å². The maximum Gasteiger partial charge on any atom is 0.417 e. The predicted octanol–water partition coefficient (Wildman–Crippen LogP) is 3.06. The van der Waals surface area contributed by atoms with Gasteiger partial charge in [0.15, 0.2) is 11.7 Å². The molecule has 4 nitrogen and oxygen atoms in total. The van der Waals surface area contributed by atoms with E-state index in [0.717, 1.165) is 25.1 Å². The van der Waals surface area contributed by atoms with Gasteiger partial charge in [-0.1, -0.05) is 13.0 Å². The molecule has 1 aromatic carbocycles. The number of alkyl halides is 3. The molecule has 1 fully saturated rings. The normalized spacial score (nSPS) is 32.2. The summed E-state index contributed by atoms with van der Waals surface area (Å²) in [4.78, 5) is 11.3. The van der Waals surface area contributed by atoms with Gasteiger partial charge in [-0.15, -0.1) is 0 Å². The second-order valence-electron chi connectivity index (χ2n) is 5.50. The van der Waals surface area contributed by atoms with E-state index >= 15 is 0 Å². The van der Waals surface area contributed by atoms with Crippen LogP contribution in [0.25, 0.3) is 0 Å². The molecule has 0 aromatic heterocycles. The molecular weight excluding hydrogens is 308 g/mol. The Bertz CT molecular complexity index is 601. The van der Waals surface area contributed by atoms with E-state index in [-0.39, 0.29) is 5.56 Å². The molecule has 0 amide bonds. The third-order valence-corrected chi connectivity index (χ3v) is 4.26. The van der Waals surface area contributed by atoms with Crippen LogP contribution in [0.1, 0.15) is 25.3 Å². The Morgan fingerprint density at radius 1 is 1.36 bits per heavy atom. The summed E-state index contributed by atoms with van der Waals surface area (Å²) < 4.78 is 57.6. The molecule has 2 N–H and O–H groups in total. The highest BCUT2D eigenvalue weighted by atomic mass is 19.4. The van der Waals surface area contributed by atoms with Crippen molar-refractivity contribution in [3.8, 4) is 5.75 Å². The number of ether oxygens (including phenoxy) is 1. The zero-order chi connectivity index (χ0) is 16.9. The summed E-state index contributed by atoms with van der Waals surface area (Å²) in [6.45, 7) is 1.97. The zero-order valence-corrected chi connectivity index (χ0v) is 11.7. The highest BCUT2D eigenvalue weighted by Gasteiger charge is 2.65. The molecule has 4 atom stereocenters. The number of halogens is 4. The number of rotatable bonds is 2. The second-order valence-corrected chi connectivity index (χ2v) is 5.50. The smallest absolute Gasteiger partial charge is 0.417 e. The molecule has 22 heavy (non-hydrogen) atoms. The first kappa shape index (κ1) is 16.5. The van der Waals surface area contributed by atoms with Gasteiger partial charge < -0.3 is 14.9 Å². The summed E-state index contributed by atoms with van der Waals surface area (Å²) in [7, 11) is 0. The Hall–Kier alpha value is -1.83. The van der Waals surface area contributed by atoms with E-state index in [0.29, 0.717) is 0 Å². The molecule has 8 heteroatoms. The fourth-order valence-electron chi connectivity index (χ4n) is 2.81. The van der Waals surface area contributed by atoms with Gasteiger partial charge in [0.25, 0.3) is 0 Å². The van der Waals surface area contributed by atoms with E-state index in [1.54, 1.807) is 0 Å². The van der Waals surface area contributed by atoms with Crippen LogP contribution in [0, 0.1) is 11.7 Å². The van der Waals surface area contributed by atoms with Crippen LogP contribution in [0.3, 0.4) is 0 Å². The zero-order valence-electron chi connectivity index (χ0n) is 11.7. The molecule has 0 aliphatic carbocycles. The standard InChI is InChI=1S/C14H14F4O4/c1-6-10(8-4-3-7(15)5-9(8)19)11(12(20)21)22-13(6,2)14(16,17)18/h3-6,10-11,19H,1-2H3,(H,20,21)/t6-,10-,11+,13+/m0/s1. The number of carboxylic acids is 1. The lowest BCUT2D eigenvalue weighted by atomic mass is 9.77. The van der Waals surface area contributed by atoms with Gasteiger partial charge in [-0.3, -0.25) is 0 Å². The largest absolute Gasteiger partial charge is 0.508 e. The topological polar surface area (TPSA) is 66.8 Å². The Morgan fingerprint density at radius 2 is 1.95 bits per heavy atom. The van der Waals surface area contributed by atoms with Gasteiger partial charge in [0.1, 0.15) is 11.6 Å². The number of hydrogen-bond acceptors (Lipinski definition) is 3. The van der Waals surface area contributed by atoms with E-state index in [2.05, 4.69) is 0 Å². The summed E-state index contributed by atoms with van der Waals surface area (Å²) in [6, 6.07) is 2.75. The van der Waals surface area contributed by atoms with E-state index in [4.69, 9.17) is 9.84 Å². The van der Waals surface area contributed by atoms with Crippen LogP contribution >= 0.6 is 0 Å². The fraction of sp³-hybridized carbons (Fsp3) is 0.500. The third-order valence-electron chi connectivity index (χ3n) is 4.26. The Kier molecular flexibility index (Phi) is 3.85. The molecule has 0 saturated carbocycles. The van der Waals surface area contributed by atoms with Crippen LogP contribution in [0.5, 0.6) is 5.75 Å². The van der Waals surface area contributed by atoms with Crippen molar-refractivity contribution in [3.63, 3.8) is 0 Å². The quantitative estimate of drug-likeness (QED) is 0.821. The molecule has 1 aromatic rings. The van der Waals surface area contributed by atoms with Crippen LogP contribution in [0.2, 0.25) is 0 Å². The molecule has 2 rings (SSSR count). The highest BCUT2D eigenvalue weighted by molar-refractivity contribution is 5.75. The van der Waals surface area contributed by atoms with E-state index < -0.39 is 47.3 Å². The van der Waals surface area contributed by atoms with Gasteiger partial charge in [0.2, 0.25) is 0 Å². The van der Waals surface area contributed by atoms with Crippen LogP contribution < -0.4 is 0 Å². The molecule has 1 aliphatic heterocycles. The first-order chi connectivity index (χ1) is 9.99. The SMILES string of the molecule is C[C@H]1[C@@H](c2ccc(F)cc2O)[C@H](C(=O)O)O[C@@]1(C)C(F)(F)F. The Labute approximate surface area is 123 Å². The Balaban J connectivity index is 2.55. The molecule has 1 saturated heterocycles. The number of aromatic hydroxyl groups is 1. The van der Waals surface area contributed by atoms with Crippen LogP contribution in [-0.2, 0) is 9.53 Å². The van der Waals surface area contributed by atoms with E-state index in [1.807, 2.05) is 0 Å². The number of phenols is 1. The van der Waals surface area contributed by atoms with Crippen molar-refractivity contribution in [1.82, 2.24) is 0 Å². The fourth-order valence-corrected chi connectivity index (χ4v) is 2.81. The minimum absolute atomic E-state index is 0.0886. The van der Waals surface area contributed by atoms with Gasteiger partial charge in [-0.25, -0.2) is 9.18 Å². The maximum atomic E-state index is 13.2. The van der Waals surface area contributed by atoms with Crippen LogP contribution in [0.4, 0.5) is 17.6 Å². The summed E-state index contributed by atoms with van der Waals surface area (Å²) in [5.41, 5.74) is -2.77. The molecule has 0 bridgehead atoms. The van der Waals surface area contributed by atoms with Crippen molar-refractivity contribution >= 4 is 5.97 Å². The number of hydrogen-bond donors (Lipinski definition) is 2. The predicted molar refractivity (Wildman–Crippen MR) is 66.9 cm³/mol. The van der Waals surface area contributed by atoms with Crippen molar-refractivity contribution < 1.29 is 37.3 Å². The van der Waals surface area contributed by atoms with Gasteiger partial charge in [-0.05, 0) is 13.0 Å². The molecule has 122 valence electrons. The summed E-state index contributed by atoms with van der Waals surface area (Å²) in [5.74, 6) is -5.50. The minimum Gasteiger partial charge on any atom is -0.508 e. The van der Waals surface area contributed by atoms with Crippen molar-refractivity contribution in [1.29, 1.82) is 0 Å². The van der Waals surface area contributed by atoms with Gasteiger partial charge in [0.05, 0.1) is 0 Å². The van der Waals surface area contributed by atoms with Crippen LogP contribution in [-0.4, -0.2) is 34.1 Å². The number of phenolic OH excluding ortho intramolecular Hbond substituents is 1. The lowest BCUT2D eigenvalue weighted by Gasteiger charge is -2.31. The number of benzene rings is 1. The van der Waals surface area contributed by atoms with Crippen molar-refractivity contribution in [2.24, 2.45) is 5.92 Å². The third kappa shape index (κ3) is 2.41. The van der Waals surface area contributed by atoms with E-state index in [9.17, 15) is 27.5 Å². The summed E-state index contributed by atoms with van der Waals surface area (Å²) in [5, 5.41) is 18.9. The van der Waals surface area contributed by atoms with Gasteiger partial charge in [0, 0.05) is 23.5 Å². The van der Waals surface area contributed by atoms with Crippen molar-refractivity contribution in [2.75, 3.05) is 0 Å². The first-order valence-corrected chi connectivity index (χ1v) is 6.45. The summed E-state index contributed by atoms with van der Waals surface area (Å²) in [6.07, 6.45) is -6.58. The monoisotopic (exact) mass is 322 g/mol. The Morgan fingerprint density at radius 3 is 2.41 bits per heavy atom. The first-order valence-electron chi connectivity index (χ1n) is 6.45. The molecule has 0 radical (unpaired) electrons.